The van der Waals surface area contributed by atoms with Gasteiger partial charge in [0.25, 0.3) is 0 Å². The molecule has 5 nitrogen and oxygen atoms in total. The molecule has 1 aliphatic rings. The normalized spacial score (nSPS) is 18.3. The van der Waals surface area contributed by atoms with Crippen LogP contribution in [0.25, 0.3) is 0 Å². The van der Waals surface area contributed by atoms with Crippen molar-refractivity contribution in [2.45, 2.75) is 30.8 Å². The lowest BCUT2D eigenvalue weighted by atomic mass is 10.2. The van der Waals surface area contributed by atoms with Gasteiger partial charge >= 0.3 is 0 Å². The van der Waals surface area contributed by atoms with Gasteiger partial charge in [-0.15, -0.1) is 0 Å². The molecule has 1 aromatic carbocycles. The van der Waals surface area contributed by atoms with Gasteiger partial charge in [-0.05, 0) is 45.0 Å². The van der Waals surface area contributed by atoms with Crippen LogP contribution >= 0.6 is 0 Å². The van der Waals surface area contributed by atoms with Crippen LogP contribution in [0.5, 0.6) is 0 Å². The van der Waals surface area contributed by atoms with Crippen LogP contribution in [-0.4, -0.2) is 62.1 Å². The molecule has 0 radical (unpaired) electrons. The summed E-state index contributed by atoms with van der Waals surface area (Å²) in [7, 11) is -2.01. The van der Waals surface area contributed by atoms with E-state index in [1.165, 1.54) is 11.4 Å². The maximum Gasteiger partial charge on any atom is 0.242 e. The number of aryl methyl sites for hydroxylation is 1. The number of likely N-dealkylation sites (tertiary alicyclic amines) is 1. The van der Waals surface area contributed by atoms with E-state index in [2.05, 4.69) is 4.90 Å². The van der Waals surface area contributed by atoms with Crippen molar-refractivity contribution in [2.24, 2.45) is 0 Å². The largest absolute Gasteiger partial charge is 0.390 e. The Kier molecular flexibility index (Phi) is 5.37. The topological polar surface area (TPSA) is 60.9 Å². The van der Waals surface area contributed by atoms with Gasteiger partial charge in [0.05, 0.1) is 11.0 Å². The molecule has 2 rings (SSSR count). The SMILES string of the molecule is Cc1ccc(S(=O)(=O)N(C)CC(O)CN2CCCC2)cc1. The third-order valence-corrected chi connectivity index (χ3v) is 5.70. The quantitative estimate of drug-likeness (QED) is 0.854. The number of benzene rings is 1. The van der Waals surface area contributed by atoms with E-state index in [1.54, 1.807) is 24.3 Å². The molecule has 1 saturated heterocycles. The van der Waals surface area contributed by atoms with Crippen molar-refractivity contribution >= 4 is 10.0 Å². The average Bonchev–Trinajstić information content (AvgIpc) is 2.91. The van der Waals surface area contributed by atoms with Crippen LogP contribution in [0.2, 0.25) is 0 Å². The van der Waals surface area contributed by atoms with E-state index in [-0.39, 0.29) is 11.4 Å². The van der Waals surface area contributed by atoms with E-state index in [1.807, 2.05) is 6.92 Å². The standard InChI is InChI=1S/C15H24N2O3S/c1-13-5-7-15(8-6-13)21(19,20)16(2)11-14(18)12-17-9-3-4-10-17/h5-8,14,18H,3-4,9-12H2,1-2H3. The van der Waals surface area contributed by atoms with E-state index < -0.39 is 16.1 Å². The number of aliphatic hydroxyl groups excluding tert-OH is 1. The van der Waals surface area contributed by atoms with Crippen LogP contribution in [0, 0.1) is 6.92 Å². The molecule has 6 heteroatoms. The summed E-state index contributed by atoms with van der Waals surface area (Å²) in [5.74, 6) is 0. The van der Waals surface area contributed by atoms with Gasteiger partial charge in [-0.1, -0.05) is 17.7 Å². The van der Waals surface area contributed by atoms with Gasteiger partial charge < -0.3 is 10.0 Å². The number of hydrogen-bond acceptors (Lipinski definition) is 4. The molecule has 0 bridgehead atoms. The van der Waals surface area contributed by atoms with Crippen molar-refractivity contribution in [3.8, 4) is 0 Å². The molecule has 0 spiro atoms. The predicted molar refractivity (Wildman–Crippen MR) is 82.7 cm³/mol. The summed E-state index contributed by atoms with van der Waals surface area (Å²) >= 11 is 0. The second-order valence-electron chi connectivity index (χ2n) is 5.76. The Balaban J connectivity index is 1.97. The van der Waals surface area contributed by atoms with Crippen molar-refractivity contribution in [2.75, 3.05) is 33.2 Å². The summed E-state index contributed by atoms with van der Waals surface area (Å²) in [6, 6.07) is 6.77. The molecule has 1 aromatic rings. The highest BCUT2D eigenvalue weighted by molar-refractivity contribution is 7.89. The summed E-state index contributed by atoms with van der Waals surface area (Å²) in [6.45, 7) is 4.55. The van der Waals surface area contributed by atoms with Crippen LogP contribution in [0.3, 0.4) is 0 Å². The lowest BCUT2D eigenvalue weighted by molar-refractivity contribution is 0.110. The van der Waals surface area contributed by atoms with Crippen molar-refractivity contribution in [1.82, 2.24) is 9.21 Å². The summed E-state index contributed by atoms with van der Waals surface area (Å²) in [5, 5.41) is 10.1. The first-order valence-corrected chi connectivity index (χ1v) is 8.77. The summed E-state index contributed by atoms with van der Waals surface area (Å²) < 4.78 is 26.1. The van der Waals surface area contributed by atoms with Crippen LogP contribution in [0.15, 0.2) is 29.2 Å². The monoisotopic (exact) mass is 312 g/mol. The van der Waals surface area contributed by atoms with Crippen molar-refractivity contribution in [3.63, 3.8) is 0 Å². The van der Waals surface area contributed by atoms with E-state index >= 15 is 0 Å². The first-order chi connectivity index (χ1) is 9.89. The van der Waals surface area contributed by atoms with Gasteiger partial charge in [0, 0.05) is 20.1 Å². The van der Waals surface area contributed by atoms with Gasteiger partial charge in [-0.25, -0.2) is 8.42 Å². The van der Waals surface area contributed by atoms with Crippen molar-refractivity contribution in [3.05, 3.63) is 29.8 Å². The van der Waals surface area contributed by atoms with Crippen LogP contribution in [0.4, 0.5) is 0 Å². The Hall–Kier alpha value is -0.950. The summed E-state index contributed by atoms with van der Waals surface area (Å²) in [4.78, 5) is 2.45. The van der Waals surface area contributed by atoms with E-state index in [9.17, 15) is 13.5 Å². The Labute approximate surface area is 127 Å². The fraction of sp³-hybridized carbons (Fsp3) is 0.600. The maximum atomic E-state index is 12.4. The second kappa shape index (κ2) is 6.87. The third-order valence-electron chi connectivity index (χ3n) is 3.86. The molecular formula is C15H24N2O3S. The molecule has 1 atom stereocenters. The zero-order valence-electron chi connectivity index (χ0n) is 12.7. The van der Waals surface area contributed by atoms with Crippen LogP contribution in [-0.2, 0) is 10.0 Å². The average molecular weight is 312 g/mol. The first-order valence-electron chi connectivity index (χ1n) is 7.33. The summed E-state index contributed by atoms with van der Waals surface area (Å²) in [6.07, 6.45) is 1.65. The van der Waals surface area contributed by atoms with Gasteiger partial charge in [0.2, 0.25) is 10.0 Å². The molecule has 1 N–H and O–H groups in total. The minimum atomic E-state index is -3.53. The predicted octanol–water partition coefficient (Wildman–Crippen LogP) is 1.07. The Morgan fingerprint density at radius 3 is 2.38 bits per heavy atom. The van der Waals surface area contributed by atoms with E-state index in [0.717, 1.165) is 31.5 Å². The molecule has 0 amide bonds. The molecule has 118 valence electrons. The van der Waals surface area contributed by atoms with Crippen LogP contribution in [0.1, 0.15) is 18.4 Å². The smallest absolute Gasteiger partial charge is 0.242 e. The first kappa shape index (κ1) is 16.4. The lowest BCUT2D eigenvalue weighted by Crippen LogP contribution is -2.40. The fourth-order valence-corrected chi connectivity index (χ4v) is 3.81. The van der Waals surface area contributed by atoms with E-state index in [4.69, 9.17) is 0 Å². The molecular weight excluding hydrogens is 288 g/mol. The number of hydrogen-bond donors (Lipinski definition) is 1. The molecule has 0 aromatic heterocycles. The molecule has 1 fully saturated rings. The number of sulfonamides is 1. The maximum absolute atomic E-state index is 12.4. The van der Waals surface area contributed by atoms with Gasteiger partial charge in [-0.2, -0.15) is 4.31 Å². The molecule has 1 unspecified atom stereocenters. The highest BCUT2D eigenvalue weighted by Gasteiger charge is 2.24. The fourth-order valence-electron chi connectivity index (χ4n) is 2.61. The summed E-state index contributed by atoms with van der Waals surface area (Å²) in [5.41, 5.74) is 1.02. The molecule has 1 aliphatic heterocycles. The number of β-amino-alcohol motifs (C(OH)–C–C–N with tert-alkyl or cyclic N) is 1. The number of likely N-dealkylation sites (N-methyl/N-ethyl adjacent to an activating group) is 1. The third kappa shape index (κ3) is 4.26. The Morgan fingerprint density at radius 2 is 1.81 bits per heavy atom. The number of aliphatic hydroxyl groups is 1. The lowest BCUT2D eigenvalue weighted by Gasteiger charge is -2.24. The zero-order chi connectivity index (χ0) is 15.5. The Bertz CT molecular complexity index is 551. The van der Waals surface area contributed by atoms with Crippen LogP contribution < -0.4 is 0 Å². The highest BCUT2D eigenvalue weighted by Crippen LogP contribution is 2.16. The highest BCUT2D eigenvalue weighted by atomic mass is 32.2. The van der Waals surface area contributed by atoms with Gasteiger partial charge in [-0.3, -0.25) is 0 Å². The Morgan fingerprint density at radius 1 is 1.24 bits per heavy atom. The van der Waals surface area contributed by atoms with Gasteiger partial charge in [0.15, 0.2) is 0 Å². The van der Waals surface area contributed by atoms with Crippen molar-refractivity contribution < 1.29 is 13.5 Å². The molecule has 0 saturated carbocycles. The second-order valence-corrected chi connectivity index (χ2v) is 7.81. The van der Waals surface area contributed by atoms with Crippen molar-refractivity contribution in [1.29, 1.82) is 0 Å². The van der Waals surface area contributed by atoms with Gasteiger partial charge in [0.1, 0.15) is 0 Å². The minimum Gasteiger partial charge on any atom is -0.390 e. The molecule has 1 heterocycles. The number of rotatable bonds is 6. The minimum absolute atomic E-state index is 0.118. The zero-order valence-corrected chi connectivity index (χ0v) is 13.5. The van der Waals surface area contributed by atoms with E-state index in [0.29, 0.717) is 6.54 Å². The number of nitrogens with zero attached hydrogens (tertiary/aromatic N) is 2. The molecule has 21 heavy (non-hydrogen) atoms. The molecule has 0 aliphatic carbocycles.